The largest absolute Gasteiger partial charge is 0.355 e. The third-order valence-corrected chi connectivity index (χ3v) is 6.27. The lowest BCUT2D eigenvalue weighted by Gasteiger charge is -2.31. The standard InChI is InChI=1S/C21H32N2O.ClH/c1-17(18-9-13-22-14-10-18)15-20(24)23-16-21(11-5-6-12-21)19-7-3-2-4-8-19;/h2-4,7-8,17-18,22H,5-6,9-16H2,1H3,(H,23,24);1H. The lowest BCUT2D eigenvalue weighted by Crippen LogP contribution is -2.40. The molecule has 0 spiro atoms. The molecule has 3 nitrogen and oxygen atoms in total. The molecule has 1 atom stereocenters. The average Bonchev–Trinajstić information content (AvgIpc) is 3.12. The molecule has 1 heterocycles. The Morgan fingerprint density at radius 1 is 1.20 bits per heavy atom. The molecule has 0 aromatic heterocycles. The van der Waals surface area contributed by atoms with Crippen LogP contribution in [0.1, 0.15) is 57.4 Å². The Balaban J connectivity index is 0.00000225. The highest BCUT2D eigenvalue weighted by Crippen LogP contribution is 2.40. The zero-order chi connectivity index (χ0) is 16.8. The maximum atomic E-state index is 12.5. The number of benzene rings is 1. The van der Waals surface area contributed by atoms with Gasteiger partial charge in [-0.2, -0.15) is 0 Å². The van der Waals surface area contributed by atoms with E-state index in [1.54, 1.807) is 0 Å². The van der Waals surface area contributed by atoms with Crippen LogP contribution < -0.4 is 10.6 Å². The SMILES string of the molecule is CC(CC(=O)NCC1(c2ccccc2)CCCC1)C1CCNCC1.Cl. The summed E-state index contributed by atoms with van der Waals surface area (Å²) in [6.45, 7) is 5.26. The second-order valence-electron chi connectivity index (χ2n) is 7.90. The van der Waals surface area contributed by atoms with Crippen LogP contribution in [0.3, 0.4) is 0 Å². The normalized spacial score (nSPS) is 21.3. The van der Waals surface area contributed by atoms with Gasteiger partial charge in [0.15, 0.2) is 0 Å². The first-order valence-electron chi connectivity index (χ1n) is 9.73. The minimum absolute atomic E-state index is 0. The fraction of sp³-hybridized carbons (Fsp3) is 0.667. The monoisotopic (exact) mass is 364 g/mol. The molecule has 4 heteroatoms. The van der Waals surface area contributed by atoms with Gasteiger partial charge in [0, 0.05) is 18.4 Å². The predicted octanol–water partition coefficient (Wildman–Crippen LogP) is 4.06. The minimum atomic E-state index is 0. The van der Waals surface area contributed by atoms with E-state index in [4.69, 9.17) is 0 Å². The summed E-state index contributed by atoms with van der Waals surface area (Å²) in [6, 6.07) is 10.8. The second kappa shape index (κ2) is 9.59. The first-order valence-corrected chi connectivity index (χ1v) is 9.73. The average molecular weight is 365 g/mol. The molecule has 1 unspecified atom stereocenters. The molecule has 140 valence electrons. The van der Waals surface area contributed by atoms with Gasteiger partial charge in [-0.05, 0) is 56.2 Å². The molecular weight excluding hydrogens is 332 g/mol. The van der Waals surface area contributed by atoms with Crippen LogP contribution in [0, 0.1) is 11.8 Å². The highest BCUT2D eigenvalue weighted by Gasteiger charge is 2.35. The molecule has 1 saturated heterocycles. The molecule has 1 aliphatic carbocycles. The molecule has 0 radical (unpaired) electrons. The summed E-state index contributed by atoms with van der Waals surface area (Å²) in [7, 11) is 0. The first kappa shape index (κ1) is 20.3. The Labute approximate surface area is 158 Å². The van der Waals surface area contributed by atoms with Gasteiger partial charge < -0.3 is 10.6 Å². The van der Waals surface area contributed by atoms with Crippen LogP contribution in [-0.2, 0) is 10.2 Å². The van der Waals surface area contributed by atoms with Crippen molar-refractivity contribution >= 4 is 18.3 Å². The number of halogens is 1. The van der Waals surface area contributed by atoms with Gasteiger partial charge in [-0.3, -0.25) is 4.79 Å². The van der Waals surface area contributed by atoms with Crippen molar-refractivity contribution in [2.24, 2.45) is 11.8 Å². The molecule has 25 heavy (non-hydrogen) atoms. The topological polar surface area (TPSA) is 41.1 Å². The molecule has 0 bridgehead atoms. The smallest absolute Gasteiger partial charge is 0.220 e. The minimum Gasteiger partial charge on any atom is -0.355 e. The predicted molar refractivity (Wildman–Crippen MR) is 106 cm³/mol. The number of amides is 1. The van der Waals surface area contributed by atoms with E-state index < -0.39 is 0 Å². The van der Waals surface area contributed by atoms with Crippen molar-refractivity contribution < 1.29 is 4.79 Å². The van der Waals surface area contributed by atoms with E-state index in [2.05, 4.69) is 47.9 Å². The van der Waals surface area contributed by atoms with Crippen molar-refractivity contribution in [1.29, 1.82) is 0 Å². The molecule has 1 aromatic carbocycles. The number of hydrogen-bond donors (Lipinski definition) is 2. The van der Waals surface area contributed by atoms with E-state index in [0.717, 1.165) is 19.6 Å². The van der Waals surface area contributed by atoms with Crippen LogP contribution in [0.4, 0.5) is 0 Å². The zero-order valence-corrected chi connectivity index (χ0v) is 16.2. The number of nitrogens with one attached hydrogen (secondary N) is 2. The van der Waals surface area contributed by atoms with Crippen LogP contribution >= 0.6 is 12.4 Å². The highest BCUT2D eigenvalue weighted by atomic mass is 35.5. The second-order valence-corrected chi connectivity index (χ2v) is 7.90. The molecule has 1 aromatic rings. The van der Waals surface area contributed by atoms with Crippen LogP contribution in [0.25, 0.3) is 0 Å². The van der Waals surface area contributed by atoms with Crippen molar-refractivity contribution in [3.05, 3.63) is 35.9 Å². The van der Waals surface area contributed by atoms with Crippen LogP contribution in [0.2, 0.25) is 0 Å². The van der Waals surface area contributed by atoms with E-state index in [1.165, 1.54) is 44.1 Å². The van der Waals surface area contributed by atoms with Gasteiger partial charge >= 0.3 is 0 Å². The fourth-order valence-corrected chi connectivity index (χ4v) is 4.62. The van der Waals surface area contributed by atoms with E-state index in [1.807, 2.05) is 0 Å². The van der Waals surface area contributed by atoms with E-state index in [-0.39, 0.29) is 23.7 Å². The van der Waals surface area contributed by atoms with Crippen LogP contribution in [-0.4, -0.2) is 25.5 Å². The van der Waals surface area contributed by atoms with Gasteiger partial charge in [-0.1, -0.05) is 50.1 Å². The Hall–Kier alpha value is -1.06. The van der Waals surface area contributed by atoms with Crippen molar-refractivity contribution in [3.8, 4) is 0 Å². The summed E-state index contributed by atoms with van der Waals surface area (Å²) in [5.41, 5.74) is 1.56. The number of piperidine rings is 1. The molecule has 1 saturated carbocycles. The third-order valence-electron chi connectivity index (χ3n) is 6.27. The maximum Gasteiger partial charge on any atom is 0.220 e. The van der Waals surface area contributed by atoms with E-state index in [0.29, 0.717) is 18.3 Å². The Kier molecular flexibility index (Phi) is 7.77. The molecular formula is C21H33ClN2O. The lowest BCUT2D eigenvalue weighted by molar-refractivity contribution is -0.122. The van der Waals surface area contributed by atoms with Gasteiger partial charge in [-0.15, -0.1) is 12.4 Å². The number of carbonyl (C=O) groups excluding carboxylic acids is 1. The lowest BCUT2D eigenvalue weighted by atomic mass is 9.78. The van der Waals surface area contributed by atoms with Crippen LogP contribution in [0.5, 0.6) is 0 Å². The van der Waals surface area contributed by atoms with Gasteiger partial charge in [0.05, 0.1) is 0 Å². The highest BCUT2D eigenvalue weighted by molar-refractivity contribution is 5.85. The third kappa shape index (κ3) is 5.21. The zero-order valence-electron chi connectivity index (χ0n) is 15.4. The molecule has 1 amide bonds. The van der Waals surface area contributed by atoms with Gasteiger partial charge in [0.1, 0.15) is 0 Å². The Morgan fingerprint density at radius 2 is 1.84 bits per heavy atom. The fourth-order valence-electron chi connectivity index (χ4n) is 4.62. The van der Waals surface area contributed by atoms with Crippen molar-refractivity contribution in [3.63, 3.8) is 0 Å². The Morgan fingerprint density at radius 3 is 2.48 bits per heavy atom. The van der Waals surface area contributed by atoms with Crippen LogP contribution in [0.15, 0.2) is 30.3 Å². The summed E-state index contributed by atoms with van der Waals surface area (Å²) in [5, 5.41) is 6.69. The van der Waals surface area contributed by atoms with E-state index >= 15 is 0 Å². The molecule has 3 rings (SSSR count). The number of rotatable bonds is 6. The van der Waals surface area contributed by atoms with Gasteiger partial charge in [0.2, 0.25) is 5.91 Å². The molecule has 2 aliphatic rings. The molecule has 2 N–H and O–H groups in total. The van der Waals surface area contributed by atoms with Gasteiger partial charge in [-0.25, -0.2) is 0 Å². The first-order chi connectivity index (χ1) is 11.7. The van der Waals surface area contributed by atoms with Crippen molar-refractivity contribution in [2.75, 3.05) is 19.6 Å². The van der Waals surface area contributed by atoms with Crippen molar-refractivity contribution in [2.45, 2.75) is 57.3 Å². The summed E-state index contributed by atoms with van der Waals surface area (Å²) in [5.74, 6) is 1.43. The Bertz CT molecular complexity index is 522. The quantitative estimate of drug-likeness (QED) is 0.799. The van der Waals surface area contributed by atoms with Gasteiger partial charge in [0.25, 0.3) is 0 Å². The van der Waals surface area contributed by atoms with E-state index in [9.17, 15) is 4.79 Å². The molecule has 1 aliphatic heterocycles. The summed E-state index contributed by atoms with van der Waals surface area (Å²) in [4.78, 5) is 12.5. The van der Waals surface area contributed by atoms with Crippen molar-refractivity contribution in [1.82, 2.24) is 10.6 Å². The number of hydrogen-bond acceptors (Lipinski definition) is 2. The maximum absolute atomic E-state index is 12.5. The summed E-state index contributed by atoms with van der Waals surface area (Å²) < 4.78 is 0. The summed E-state index contributed by atoms with van der Waals surface area (Å²) >= 11 is 0. The summed E-state index contributed by atoms with van der Waals surface area (Å²) in [6.07, 6.45) is 8.04. The molecule has 2 fully saturated rings. The number of carbonyl (C=O) groups is 1.